The average molecular weight is 315 g/mol. The first-order valence-electron chi connectivity index (χ1n) is 7.80. The van der Waals surface area contributed by atoms with E-state index in [2.05, 4.69) is 14.8 Å². The van der Waals surface area contributed by atoms with Gasteiger partial charge in [-0.25, -0.2) is 0 Å². The topological polar surface area (TPSA) is 47.8 Å². The molecule has 1 aliphatic heterocycles. The van der Waals surface area contributed by atoms with Crippen LogP contribution >= 0.6 is 11.8 Å². The van der Waals surface area contributed by atoms with Gasteiger partial charge in [-0.2, -0.15) is 0 Å². The third-order valence-corrected chi connectivity index (χ3v) is 5.07. The Morgan fingerprint density at radius 1 is 1.23 bits per heavy atom. The fourth-order valence-corrected chi connectivity index (χ4v) is 3.68. The minimum Gasteiger partial charge on any atom is -0.306 e. The molecule has 0 saturated carbocycles. The molecule has 0 aliphatic carbocycles. The summed E-state index contributed by atoms with van der Waals surface area (Å²) in [6.07, 6.45) is 4.60. The van der Waals surface area contributed by atoms with Gasteiger partial charge in [-0.15, -0.1) is 10.2 Å². The number of ketones is 1. The molecule has 1 aromatic carbocycles. The van der Waals surface area contributed by atoms with Crippen LogP contribution in [0.4, 0.5) is 0 Å². The largest absolute Gasteiger partial charge is 0.306 e. The second-order valence-electron chi connectivity index (χ2n) is 5.89. The summed E-state index contributed by atoms with van der Waals surface area (Å²) in [7, 11) is 0. The fourth-order valence-electron chi connectivity index (χ4n) is 2.81. The third kappa shape index (κ3) is 3.24. The summed E-state index contributed by atoms with van der Waals surface area (Å²) in [5.74, 6) is 1.65. The van der Waals surface area contributed by atoms with E-state index in [9.17, 15) is 4.79 Å². The summed E-state index contributed by atoms with van der Waals surface area (Å²) >= 11 is 1.51. The van der Waals surface area contributed by atoms with Gasteiger partial charge in [0.25, 0.3) is 0 Å². The Bertz CT molecular complexity index is 693. The highest BCUT2D eigenvalue weighted by molar-refractivity contribution is 7.99. The molecule has 0 amide bonds. The number of carbonyl (C=O) groups is 1. The van der Waals surface area contributed by atoms with Crippen molar-refractivity contribution < 1.29 is 4.79 Å². The van der Waals surface area contributed by atoms with E-state index in [0.717, 1.165) is 40.6 Å². The molecule has 1 aliphatic rings. The number of aryl methyl sites for hydroxylation is 3. The summed E-state index contributed by atoms with van der Waals surface area (Å²) in [5, 5.41) is 9.43. The molecule has 4 nitrogen and oxygen atoms in total. The summed E-state index contributed by atoms with van der Waals surface area (Å²) in [6.45, 7) is 4.98. The summed E-state index contributed by atoms with van der Waals surface area (Å²) in [4.78, 5) is 12.5. The lowest BCUT2D eigenvalue weighted by atomic mass is 10.0. The number of carbonyl (C=O) groups excluding carboxylic acids is 1. The zero-order valence-corrected chi connectivity index (χ0v) is 13.9. The quantitative estimate of drug-likeness (QED) is 0.639. The first-order chi connectivity index (χ1) is 10.6. The maximum Gasteiger partial charge on any atom is 0.191 e. The maximum atomic E-state index is 12.5. The van der Waals surface area contributed by atoms with Crippen LogP contribution in [-0.2, 0) is 13.0 Å². The number of benzene rings is 1. The number of rotatable bonds is 4. The summed E-state index contributed by atoms with van der Waals surface area (Å²) in [5.41, 5.74) is 2.98. The van der Waals surface area contributed by atoms with Gasteiger partial charge in [0.2, 0.25) is 0 Å². The Hall–Kier alpha value is -1.62. The Labute approximate surface area is 135 Å². The molecular weight excluding hydrogens is 294 g/mol. The molecule has 116 valence electrons. The number of fused-ring (bicyclic) bond motifs is 1. The molecule has 3 rings (SSSR count). The molecule has 0 N–H and O–H groups in total. The van der Waals surface area contributed by atoms with Crippen molar-refractivity contribution in [3.05, 3.63) is 40.7 Å². The fraction of sp³-hybridized carbons (Fsp3) is 0.471. The van der Waals surface area contributed by atoms with Gasteiger partial charge in [-0.1, -0.05) is 35.9 Å². The molecule has 22 heavy (non-hydrogen) atoms. The third-order valence-electron chi connectivity index (χ3n) is 4.10. The van der Waals surface area contributed by atoms with Gasteiger partial charge in [0, 0.05) is 18.5 Å². The summed E-state index contributed by atoms with van der Waals surface area (Å²) < 4.78 is 2.19. The van der Waals surface area contributed by atoms with Crippen LogP contribution in [0.1, 0.15) is 46.6 Å². The smallest absolute Gasteiger partial charge is 0.191 e. The zero-order chi connectivity index (χ0) is 15.5. The standard InChI is InChI=1S/C17H21N3OS/c1-12-7-8-13(2)14(10-12)15(21)11-22-17-19-18-16-6-4-3-5-9-20(16)17/h7-8,10H,3-6,9,11H2,1-2H3. The zero-order valence-electron chi connectivity index (χ0n) is 13.1. The average Bonchev–Trinajstić information content (AvgIpc) is 2.74. The van der Waals surface area contributed by atoms with E-state index >= 15 is 0 Å². The van der Waals surface area contributed by atoms with E-state index in [0.29, 0.717) is 5.75 Å². The van der Waals surface area contributed by atoms with E-state index in [1.54, 1.807) is 0 Å². The Morgan fingerprint density at radius 3 is 2.95 bits per heavy atom. The van der Waals surface area contributed by atoms with Gasteiger partial charge in [0.15, 0.2) is 10.9 Å². The molecule has 0 atom stereocenters. The van der Waals surface area contributed by atoms with Gasteiger partial charge in [0.05, 0.1) is 5.75 Å². The lowest BCUT2D eigenvalue weighted by molar-refractivity contribution is 0.102. The number of aromatic nitrogens is 3. The first-order valence-corrected chi connectivity index (χ1v) is 8.79. The van der Waals surface area contributed by atoms with Crippen LogP contribution in [0.2, 0.25) is 0 Å². The van der Waals surface area contributed by atoms with Crippen molar-refractivity contribution in [2.75, 3.05) is 5.75 Å². The van der Waals surface area contributed by atoms with Crippen molar-refractivity contribution in [3.8, 4) is 0 Å². The number of Topliss-reactive ketones (excluding diaryl/α,β-unsaturated/α-hetero) is 1. The number of thioether (sulfide) groups is 1. The second kappa shape index (κ2) is 6.65. The van der Waals surface area contributed by atoms with Gasteiger partial charge < -0.3 is 4.57 Å². The van der Waals surface area contributed by atoms with Crippen LogP contribution in [-0.4, -0.2) is 26.3 Å². The Balaban J connectivity index is 1.71. The molecule has 0 radical (unpaired) electrons. The SMILES string of the molecule is Cc1ccc(C)c(C(=O)CSc2nnc3n2CCCCC3)c1. The molecule has 0 unspecified atom stereocenters. The van der Waals surface area contributed by atoms with Gasteiger partial charge in [0.1, 0.15) is 5.82 Å². The van der Waals surface area contributed by atoms with Crippen molar-refractivity contribution in [1.29, 1.82) is 0 Å². The molecule has 0 spiro atoms. The van der Waals surface area contributed by atoms with E-state index < -0.39 is 0 Å². The molecule has 2 aromatic rings. The van der Waals surface area contributed by atoms with Crippen LogP contribution in [0.3, 0.4) is 0 Å². The van der Waals surface area contributed by atoms with Crippen molar-refractivity contribution in [2.45, 2.75) is 51.2 Å². The minimum atomic E-state index is 0.164. The van der Waals surface area contributed by atoms with E-state index in [1.807, 2.05) is 32.0 Å². The number of hydrogen-bond acceptors (Lipinski definition) is 4. The van der Waals surface area contributed by atoms with Crippen LogP contribution in [0.5, 0.6) is 0 Å². The highest BCUT2D eigenvalue weighted by Gasteiger charge is 2.17. The maximum absolute atomic E-state index is 12.5. The number of hydrogen-bond donors (Lipinski definition) is 0. The molecular formula is C17H21N3OS. The highest BCUT2D eigenvalue weighted by atomic mass is 32.2. The van der Waals surface area contributed by atoms with Gasteiger partial charge >= 0.3 is 0 Å². The Morgan fingerprint density at radius 2 is 2.09 bits per heavy atom. The lowest BCUT2D eigenvalue weighted by Gasteiger charge is -2.08. The van der Waals surface area contributed by atoms with Crippen molar-refractivity contribution in [3.63, 3.8) is 0 Å². The molecule has 5 heteroatoms. The lowest BCUT2D eigenvalue weighted by Crippen LogP contribution is -2.07. The predicted molar refractivity (Wildman–Crippen MR) is 88.5 cm³/mol. The molecule has 1 aromatic heterocycles. The van der Waals surface area contributed by atoms with Crippen LogP contribution < -0.4 is 0 Å². The number of nitrogens with zero attached hydrogens (tertiary/aromatic N) is 3. The molecule has 0 fully saturated rings. The molecule has 0 bridgehead atoms. The van der Waals surface area contributed by atoms with Crippen molar-refractivity contribution in [1.82, 2.24) is 14.8 Å². The van der Waals surface area contributed by atoms with Gasteiger partial charge in [-0.05, 0) is 38.3 Å². The van der Waals surface area contributed by atoms with Crippen molar-refractivity contribution >= 4 is 17.5 Å². The highest BCUT2D eigenvalue weighted by Crippen LogP contribution is 2.23. The van der Waals surface area contributed by atoms with Crippen LogP contribution in [0.15, 0.2) is 23.4 Å². The van der Waals surface area contributed by atoms with Crippen molar-refractivity contribution in [2.24, 2.45) is 0 Å². The van der Waals surface area contributed by atoms with Gasteiger partial charge in [-0.3, -0.25) is 4.79 Å². The molecule has 0 saturated heterocycles. The van der Waals surface area contributed by atoms with E-state index in [-0.39, 0.29) is 5.78 Å². The normalized spacial score (nSPS) is 14.5. The monoisotopic (exact) mass is 315 g/mol. The van der Waals surface area contributed by atoms with Crippen LogP contribution in [0, 0.1) is 13.8 Å². The minimum absolute atomic E-state index is 0.164. The van der Waals surface area contributed by atoms with E-state index in [4.69, 9.17) is 0 Å². The van der Waals surface area contributed by atoms with E-state index in [1.165, 1.54) is 31.0 Å². The first kappa shape index (κ1) is 15.3. The second-order valence-corrected chi connectivity index (χ2v) is 6.83. The Kier molecular flexibility index (Phi) is 4.62. The van der Waals surface area contributed by atoms with Crippen LogP contribution in [0.25, 0.3) is 0 Å². The predicted octanol–water partition coefficient (Wildman–Crippen LogP) is 3.60. The summed E-state index contributed by atoms with van der Waals surface area (Å²) in [6, 6.07) is 6.02. The molecule has 2 heterocycles.